The third-order valence-corrected chi connectivity index (χ3v) is 6.21. The van der Waals surface area contributed by atoms with Gasteiger partial charge in [-0.15, -0.1) is 0 Å². The van der Waals surface area contributed by atoms with Crippen LogP contribution in [-0.4, -0.2) is 26.2 Å². The predicted molar refractivity (Wildman–Crippen MR) is 127 cm³/mol. The van der Waals surface area contributed by atoms with Crippen LogP contribution < -0.4 is 10.6 Å². The highest BCUT2D eigenvalue weighted by atomic mass is 32.2. The highest BCUT2D eigenvalue weighted by Gasteiger charge is 2.15. The number of thioether (sulfide) groups is 1. The van der Waals surface area contributed by atoms with Crippen LogP contribution in [0.2, 0.25) is 0 Å². The summed E-state index contributed by atoms with van der Waals surface area (Å²) in [6.07, 6.45) is 2.08. The van der Waals surface area contributed by atoms with Gasteiger partial charge in [-0.05, 0) is 55.0 Å². The number of anilines is 3. The van der Waals surface area contributed by atoms with Crippen LogP contribution in [0.1, 0.15) is 17.1 Å². The quantitative estimate of drug-likeness (QED) is 0.472. The van der Waals surface area contributed by atoms with E-state index in [1.165, 1.54) is 0 Å². The number of nitrogens with zero attached hydrogens (tertiary/aromatic N) is 3. The van der Waals surface area contributed by atoms with Gasteiger partial charge in [0.2, 0.25) is 5.91 Å². The average molecular weight is 430 g/mol. The van der Waals surface area contributed by atoms with E-state index in [0.29, 0.717) is 6.42 Å². The van der Waals surface area contributed by atoms with Crippen molar-refractivity contribution in [1.29, 1.82) is 0 Å². The maximum atomic E-state index is 12.7. The van der Waals surface area contributed by atoms with Crippen molar-refractivity contribution in [3.05, 3.63) is 77.9 Å². The minimum absolute atomic E-state index is 0.0456. The van der Waals surface area contributed by atoms with Crippen molar-refractivity contribution >= 4 is 45.8 Å². The van der Waals surface area contributed by atoms with Gasteiger partial charge in [0.05, 0.1) is 23.2 Å². The third-order valence-electron chi connectivity index (χ3n) is 5.28. The van der Waals surface area contributed by atoms with Crippen LogP contribution in [0.4, 0.5) is 17.1 Å². The number of hydrogen-bond acceptors (Lipinski definition) is 5. The van der Waals surface area contributed by atoms with Gasteiger partial charge in [-0.25, -0.2) is 4.98 Å². The van der Waals surface area contributed by atoms with Crippen molar-refractivity contribution in [2.75, 3.05) is 16.4 Å². The highest BCUT2D eigenvalue weighted by Crippen LogP contribution is 2.26. The first-order chi connectivity index (χ1) is 15.1. The second-order valence-electron chi connectivity index (χ2n) is 7.67. The molecule has 1 aliphatic heterocycles. The fourth-order valence-electron chi connectivity index (χ4n) is 3.88. The molecule has 0 radical (unpaired) electrons. The zero-order chi connectivity index (χ0) is 21.2. The molecule has 2 N–H and O–H groups in total. The number of pyridine rings is 1. The van der Waals surface area contributed by atoms with Gasteiger partial charge in [-0.3, -0.25) is 9.78 Å². The van der Waals surface area contributed by atoms with E-state index in [4.69, 9.17) is 4.98 Å². The maximum absolute atomic E-state index is 12.7. The van der Waals surface area contributed by atoms with Gasteiger partial charge >= 0.3 is 0 Å². The normalized spacial score (nSPS) is 13.1. The molecule has 0 spiro atoms. The van der Waals surface area contributed by atoms with Crippen LogP contribution in [0.5, 0.6) is 0 Å². The fourth-order valence-corrected chi connectivity index (χ4v) is 4.73. The molecule has 0 fully saturated rings. The molecule has 0 unspecified atom stereocenters. The Morgan fingerprint density at radius 1 is 1.10 bits per heavy atom. The summed E-state index contributed by atoms with van der Waals surface area (Å²) in [6.45, 7) is 2.95. The topological polar surface area (TPSA) is 71.8 Å². The van der Waals surface area contributed by atoms with Gasteiger partial charge in [0.1, 0.15) is 5.82 Å². The molecule has 0 bridgehead atoms. The molecule has 0 aliphatic carbocycles. The number of aryl methyl sites for hydroxylation is 2. The molecule has 2 aromatic carbocycles. The Morgan fingerprint density at radius 3 is 2.90 bits per heavy atom. The number of amides is 1. The van der Waals surface area contributed by atoms with Gasteiger partial charge in [-0.2, -0.15) is 11.8 Å². The van der Waals surface area contributed by atoms with Crippen LogP contribution >= 0.6 is 11.8 Å². The molecular formula is C24H23N5OS. The zero-order valence-electron chi connectivity index (χ0n) is 17.3. The monoisotopic (exact) mass is 429 g/mol. The first-order valence-corrected chi connectivity index (χ1v) is 11.4. The van der Waals surface area contributed by atoms with Crippen LogP contribution in [0.3, 0.4) is 0 Å². The Labute approximate surface area is 185 Å². The minimum atomic E-state index is -0.0456. The Morgan fingerprint density at radius 2 is 2.00 bits per heavy atom. The van der Waals surface area contributed by atoms with Gasteiger partial charge in [-0.1, -0.05) is 12.1 Å². The van der Waals surface area contributed by atoms with E-state index in [1.54, 1.807) is 6.20 Å². The molecule has 1 aliphatic rings. The first-order valence-electron chi connectivity index (χ1n) is 10.3. The van der Waals surface area contributed by atoms with Crippen molar-refractivity contribution in [3.63, 3.8) is 0 Å². The first kappa shape index (κ1) is 19.6. The molecule has 1 amide bonds. The van der Waals surface area contributed by atoms with Crippen molar-refractivity contribution < 1.29 is 4.79 Å². The Kier molecular flexibility index (Phi) is 5.34. The number of imidazole rings is 1. The predicted octanol–water partition coefficient (Wildman–Crippen LogP) is 4.91. The lowest BCUT2D eigenvalue weighted by Gasteiger charge is -2.13. The van der Waals surface area contributed by atoms with Crippen LogP contribution in [-0.2, 0) is 23.5 Å². The summed E-state index contributed by atoms with van der Waals surface area (Å²) in [6, 6.07) is 17.8. The number of benzene rings is 2. The third kappa shape index (κ3) is 4.41. The van der Waals surface area contributed by atoms with Crippen molar-refractivity contribution in [2.45, 2.75) is 25.6 Å². The standard InChI is InChI=1S/C24H23N5OS/c1-16-11-20(7-8-25-16)26-18-4-2-3-17(12-18)13-24(30)27-19-5-6-22-21(14-19)28-23-15-31-10-9-29(22)23/h2-8,11-12,14H,9-10,13,15H2,1H3,(H,25,26)(H,27,30). The Hall–Kier alpha value is -3.32. The van der Waals surface area contributed by atoms with Crippen LogP contribution in [0.25, 0.3) is 11.0 Å². The number of rotatable bonds is 5. The zero-order valence-corrected chi connectivity index (χ0v) is 18.1. The lowest BCUT2D eigenvalue weighted by atomic mass is 10.1. The molecule has 0 saturated heterocycles. The number of hydrogen-bond donors (Lipinski definition) is 2. The minimum Gasteiger partial charge on any atom is -0.355 e. The summed E-state index contributed by atoms with van der Waals surface area (Å²) in [5.74, 6) is 3.13. The second-order valence-corrected chi connectivity index (χ2v) is 8.78. The number of fused-ring (bicyclic) bond motifs is 3. The molecule has 3 heterocycles. The van der Waals surface area contributed by atoms with E-state index in [1.807, 2.05) is 67.2 Å². The highest BCUT2D eigenvalue weighted by molar-refractivity contribution is 7.98. The molecule has 6 nitrogen and oxygen atoms in total. The van der Waals surface area contributed by atoms with Crippen LogP contribution in [0, 0.1) is 6.92 Å². The number of nitrogens with one attached hydrogen (secondary N) is 2. The van der Waals surface area contributed by atoms with Crippen molar-refractivity contribution in [2.24, 2.45) is 0 Å². The smallest absolute Gasteiger partial charge is 0.228 e. The average Bonchev–Trinajstić information content (AvgIpc) is 3.11. The molecule has 0 atom stereocenters. The van der Waals surface area contributed by atoms with Gasteiger partial charge < -0.3 is 15.2 Å². The SMILES string of the molecule is Cc1cc(Nc2cccc(CC(=O)Nc3ccc4c(c3)nc3n4CCSC3)c2)ccn1. The number of aromatic nitrogens is 3. The van der Waals surface area contributed by atoms with E-state index in [2.05, 4.69) is 26.3 Å². The van der Waals surface area contributed by atoms with Gasteiger partial charge in [0.15, 0.2) is 0 Å². The molecule has 0 saturated carbocycles. The van der Waals surface area contributed by atoms with E-state index < -0.39 is 0 Å². The van der Waals surface area contributed by atoms with Crippen LogP contribution in [0.15, 0.2) is 60.8 Å². The summed E-state index contributed by atoms with van der Waals surface area (Å²) < 4.78 is 2.28. The summed E-state index contributed by atoms with van der Waals surface area (Å²) in [7, 11) is 0. The van der Waals surface area contributed by atoms with Crippen molar-refractivity contribution in [3.8, 4) is 0 Å². The summed E-state index contributed by atoms with van der Waals surface area (Å²) in [5.41, 5.74) is 6.68. The fraction of sp³-hybridized carbons (Fsp3) is 0.208. The van der Waals surface area contributed by atoms with E-state index >= 15 is 0 Å². The second kappa shape index (κ2) is 8.43. The molecule has 156 valence electrons. The van der Waals surface area contributed by atoms with E-state index in [9.17, 15) is 4.79 Å². The summed E-state index contributed by atoms with van der Waals surface area (Å²) >= 11 is 1.91. The summed E-state index contributed by atoms with van der Waals surface area (Å²) in [5, 5.41) is 6.39. The molecule has 2 aromatic heterocycles. The van der Waals surface area contributed by atoms with Crippen molar-refractivity contribution in [1.82, 2.24) is 14.5 Å². The molecule has 7 heteroatoms. The Bertz CT molecular complexity index is 1270. The van der Waals surface area contributed by atoms with Gasteiger partial charge in [0.25, 0.3) is 0 Å². The lowest BCUT2D eigenvalue weighted by molar-refractivity contribution is -0.115. The molecular weight excluding hydrogens is 406 g/mol. The molecule has 5 rings (SSSR count). The largest absolute Gasteiger partial charge is 0.355 e. The van der Waals surface area contributed by atoms with E-state index in [0.717, 1.165) is 63.2 Å². The number of carbonyl (C=O) groups excluding carboxylic acids is 1. The lowest BCUT2D eigenvalue weighted by Crippen LogP contribution is -2.14. The summed E-state index contributed by atoms with van der Waals surface area (Å²) in [4.78, 5) is 21.6. The van der Waals surface area contributed by atoms with Gasteiger partial charge in [0, 0.05) is 41.3 Å². The Balaban J connectivity index is 1.27. The number of carbonyl (C=O) groups is 1. The molecule has 4 aromatic rings. The molecule has 31 heavy (non-hydrogen) atoms. The maximum Gasteiger partial charge on any atom is 0.228 e. The van der Waals surface area contributed by atoms with E-state index in [-0.39, 0.29) is 5.91 Å².